The summed E-state index contributed by atoms with van der Waals surface area (Å²) in [4.78, 5) is 12.4. The average molecular weight is 457 g/mol. The van der Waals surface area contributed by atoms with E-state index in [1.165, 1.54) is 31.4 Å². The zero-order chi connectivity index (χ0) is 21.7. The summed E-state index contributed by atoms with van der Waals surface area (Å²) in [5.41, 5.74) is -0.359. The number of rotatable bonds is 3. The van der Waals surface area contributed by atoms with E-state index in [1.54, 1.807) is 0 Å². The molecule has 30 heavy (non-hydrogen) atoms. The predicted octanol–water partition coefficient (Wildman–Crippen LogP) is 4.27. The Morgan fingerprint density at radius 2 is 1.83 bits per heavy atom. The Morgan fingerprint density at radius 3 is 2.50 bits per heavy atom. The van der Waals surface area contributed by atoms with Crippen molar-refractivity contribution in [3.8, 4) is 5.75 Å². The maximum Gasteiger partial charge on any atom is 0.309 e. The van der Waals surface area contributed by atoms with Gasteiger partial charge in [-0.25, -0.2) is 17.2 Å². The van der Waals surface area contributed by atoms with Gasteiger partial charge in [0.2, 0.25) is 0 Å². The summed E-state index contributed by atoms with van der Waals surface area (Å²) in [5, 5.41) is 0.337. The number of carbonyl (C=O) groups excluding carboxylic acids is 1. The van der Waals surface area contributed by atoms with Crippen LogP contribution in [0.4, 0.5) is 8.78 Å². The molecule has 0 N–H and O–H groups in total. The first-order valence-electron chi connectivity index (χ1n) is 9.43. The van der Waals surface area contributed by atoms with Crippen LogP contribution in [-0.2, 0) is 24.1 Å². The molecule has 0 saturated heterocycles. The van der Waals surface area contributed by atoms with Crippen LogP contribution in [-0.4, -0.2) is 28.1 Å². The number of sulfone groups is 1. The van der Waals surface area contributed by atoms with E-state index in [2.05, 4.69) is 0 Å². The fraction of sp³-hybridized carbons (Fsp3) is 0.381. The fourth-order valence-corrected chi connectivity index (χ4v) is 7.37. The molecule has 1 fully saturated rings. The quantitative estimate of drug-likeness (QED) is 0.645. The lowest BCUT2D eigenvalue weighted by Gasteiger charge is -2.49. The summed E-state index contributed by atoms with van der Waals surface area (Å²) in [7, 11) is -3.07. The second-order valence-electron chi connectivity index (χ2n) is 7.52. The lowest BCUT2D eigenvalue weighted by atomic mass is 9.67. The van der Waals surface area contributed by atoms with Crippen molar-refractivity contribution in [1.29, 1.82) is 0 Å². The van der Waals surface area contributed by atoms with Crippen LogP contribution in [0.1, 0.15) is 24.8 Å². The molecule has 0 unspecified atom stereocenters. The van der Waals surface area contributed by atoms with E-state index in [0.29, 0.717) is 17.9 Å². The summed E-state index contributed by atoms with van der Waals surface area (Å²) in [6.45, 7) is -0.250. The first-order chi connectivity index (χ1) is 14.2. The van der Waals surface area contributed by atoms with Crippen LogP contribution in [0.5, 0.6) is 5.75 Å². The lowest BCUT2D eigenvalue weighted by Crippen LogP contribution is -2.55. The Bertz CT molecular complexity index is 1100. The van der Waals surface area contributed by atoms with Crippen LogP contribution in [0.25, 0.3) is 0 Å². The van der Waals surface area contributed by atoms with Crippen molar-refractivity contribution in [1.82, 2.24) is 0 Å². The zero-order valence-corrected chi connectivity index (χ0v) is 17.6. The van der Waals surface area contributed by atoms with Gasteiger partial charge in [-0.05, 0) is 49.2 Å². The van der Waals surface area contributed by atoms with Crippen LogP contribution in [0.2, 0.25) is 5.02 Å². The van der Waals surface area contributed by atoms with Gasteiger partial charge < -0.3 is 9.47 Å². The minimum absolute atomic E-state index is 0.0207. The third kappa shape index (κ3) is 2.92. The number of hydrogen-bond donors (Lipinski definition) is 0. The number of ether oxygens (including phenoxy) is 2. The molecule has 9 heteroatoms. The fourth-order valence-electron chi connectivity index (χ4n) is 4.82. The van der Waals surface area contributed by atoms with Crippen LogP contribution in [0.15, 0.2) is 41.3 Å². The number of methoxy groups -OCH3 is 1. The Kier molecular flexibility index (Phi) is 5.26. The Balaban J connectivity index is 2.04. The molecule has 1 saturated carbocycles. The highest BCUT2D eigenvalue weighted by Crippen LogP contribution is 2.58. The third-order valence-corrected chi connectivity index (χ3v) is 8.96. The van der Waals surface area contributed by atoms with E-state index in [4.69, 9.17) is 21.1 Å². The summed E-state index contributed by atoms with van der Waals surface area (Å²) in [6, 6.07) is 7.29. The van der Waals surface area contributed by atoms with Crippen molar-refractivity contribution in [2.45, 2.75) is 28.9 Å². The molecule has 0 aromatic heterocycles. The molecular formula is C21H19ClF2O5S. The molecule has 2 aliphatic rings. The zero-order valence-electron chi connectivity index (χ0n) is 16.0. The predicted molar refractivity (Wildman–Crippen MR) is 105 cm³/mol. The van der Waals surface area contributed by atoms with Gasteiger partial charge in [-0.15, -0.1) is 0 Å². The molecule has 3 atom stereocenters. The van der Waals surface area contributed by atoms with Crippen molar-refractivity contribution in [2.24, 2.45) is 11.8 Å². The van der Waals surface area contributed by atoms with E-state index in [1.807, 2.05) is 0 Å². The smallest absolute Gasteiger partial charge is 0.309 e. The first kappa shape index (κ1) is 21.1. The molecule has 2 aromatic rings. The van der Waals surface area contributed by atoms with Crippen molar-refractivity contribution in [3.63, 3.8) is 0 Å². The molecule has 0 spiro atoms. The first-order valence-corrected chi connectivity index (χ1v) is 11.3. The summed E-state index contributed by atoms with van der Waals surface area (Å²) < 4.78 is 66.2. The Morgan fingerprint density at radius 1 is 1.17 bits per heavy atom. The van der Waals surface area contributed by atoms with Gasteiger partial charge in [-0.1, -0.05) is 18.0 Å². The number of hydrogen-bond acceptors (Lipinski definition) is 5. The lowest BCUT2D eigenvalue weighted by molar-refractivity contribution is -0.150. The highest BCUT2D eigenvalue weighted by molar-refractivity contribution is 7.92. The maximum atomic E-state index is 15.1. The van der Waals surface area contributed by atoms with Crippen molar-refractivity contribution in [2.75, 3.05) is 13.7 Å². The van der Waals surface area contributed by atoms with Crippen LogP contribution >= 0.6 is 11.6 Å². The second kappa shape index (κ2) is 7.50. The van der Waals surface area contributed by atoms with Gasteiger partial charge in [-0.3, -0.25) is 4.79 Å². The Hall–Kier alpha value is -2.19. The minimum atomic E-state index is -4.28. The Labute approximate surface area is 177 Å². The van der Waals surface area contributed by atoms with Crippen molar-refractivity contribution >= 4 is 27.4 Å². The SMILES string of the molecule is COC(=O)[C@@H]1CCC[C@@]2(S(=O)(=O)c3ccc(Cl)cc3)c3c(F)ccc(F)c3OC[C@@H]12. The van der Waals surface area contributed by atoms with E-state index in [9.17, 15) is 17.6 Å². The van der Waals surface area contributed by atoms with Gasteiger partial charge in [-0.2, -0.15) is 0 Å². The largest absolute Gasteiger partial charge is 0.490 e. The summed E-state index contributed by atoms with van der Waals surface area (Å²) in [5.74, 6) is -4.53. The third-order valence-electron chi connectivity index (χ3n) is 6.14. The van der Waals surface area contributed by atoms with Crippen molar-refractivity contribution < 1.29 is 31.5 Å². The van der Waals surface area contributed by atoms with Crippen molar-refractivity contribution in [3.05, 3.63) is 58.6 Å². The molecule has 4 rings (SSSR count). The highest BCUT2D eigenvalue weighted by atomic mass is 35.5. The number of esters is 1. The molecule has 1 aliphatic heterocycles. The molecule has 0 amide bonds. The number of fused-ring (bicyclic) bond motifs is 3. The summed E-state index contributed by atoms with van der Waals surface area (Å²) >= 11 is 5.91. The second-order valence-corrected chi connectivity index (χ2v) is 10.2. The number of benzene rings is 2. The molecule has 0 bridgehead atoms. The van der Waals surface area contributed by atoms with E-state index in [-0.39, 0.29) is 23.5 Å². The molecule has 2 aromatic carbocycles. The van der Waals surface area contributed by atoms with Gasteiger partial charge >= 0.3 is 5.97 Å². The normalized spacial score (nSPS) is 25.6. The highest BCUT2D eigenvalue weighted by Gasteiger charge is 2.62. The van der Waals surface area contributed by atoms with E-state index >= 15 is 4.39 Å². The molecule has 160 valence electrons. The van der Waals surface area contributed by atoms with Gasteiger partial charge in [0.25, 0.3) is 0 Å². The average Bonchev–Trinajstić information content (AvgIpc) is 2.74. The topological polar surface area (TPSA) is 69.7 Å². The molecule has 5 nitrogen and oxygen atoms in total. The minimum Gasteiger partial charge on any atom is -0.490 e. The monoisotopic (exact) mass is 456 g/mol. The van der Waals surface area contributed by atoms with Crippen LogP contribution in [0.3, 0.4) is 0 Å². The van der Waals surface area contributed by atoms with Gasteiger partial charge in [0, 0.05) is 10.9 Å². The van der Waals surface area contributed by atoms with Gasteiger partial charge in [0.05, 0.1) is 30.1 Å². The standard InChI is InChI=1S/C21H19ClF2O5S/c1-28-20(25)14-3-2-10-21(30(26,27)13-6-4-12(22)5-7-13)15(14)11-29-19-17(24)9-8-16(23)18(19)21/h4-9,14-15H,2-3,10-11H2,1H3/t14-,15+,21+/m1/s1. The van der Waals surface area contributed by atoms with Gasteiger partial charge in [0.15, 0.2) is 21.4 Å². The summed E-state index contributed by atoms with van der Waals surface area (Å²) in [6.07, 6.45) is 0.705. The molecule has 0 radical (unpaired) electrons. The maximum absolute atomic E-state index is 15.1. The van der Waals surface area contributed by atoms with Gasteiger partial charge in [0.1, 0.15) is 10.6 Å². The van der Waals surface area contributed by atoms with Crippen LogP contribution in [0, 0.1) is 23.5 Å². The number of carbonyl (C=O) groups is 1. The molecular weight excluding hydrogens is 438 g/mol. The van der Waals surface area contributed by atoms with E-state index < -0.39 is 49.8 Å². The van der Waals surface area contributed by atoms with E-state index in [0.717, 1.165) is 12.1 Å². The number of halogens is 3. The molecule has 1 heterocycles. The van der Waals surface area contributed by atoms with Crippen LogP contribution < -0.4 is 4.74 Å². The molecule has 1 aliphatic carbocycles.